The molecule has 2 aromatic heterocycles. The molecular weight excluding hydrogens is 443 g/mol. The van der Waals surface area contributed by atoms with Crippen molar-refractivity contribution in [3.8, 4) is 0 Å². The Hall–Kier alpha value is -3.33. The Morgan fingerprint density at radius 3 is 2.70 bits per heavy atom. The Labute approximate surface area is 195 Å². The molecule has 0 bridgehead atoms. The van der Waals surface area contributed by atoms with Gasteiger partial charge in [-0.2, -0.15) is 0 Å². The predicted octanol–water partition coefficient (Wildman–Crippen LogP) is 5.79. The second kappa shape index (κ2) is 9.66. The van der Waals surface area contributed by atoms with Crippen molar-refractivity contribution in [2.45, 2.75) is 49.8 Å². The number of nitrogens with one attached hydrogen (secondary N) is 2. The minimum atomic E-state index is -0.638. The maximum Gasteiger partial charge on any atom is 0.408 e. The van der Waals surface area contributed by atoms with Crippen molar-refractivity contribution >= 4 is 28.8 Å². The summed E-state index contributed by atoms with van der Waals surface area (Å²) in [5, 5.41) is 12.6. The lowest BCUT2D eigenvalue weighted by Gasteiger charge is -2.22. The Morgan fingerprint density at radius 1 is 1.18 bits per heavy atom. The maximum absolute atomic E-state index is 13.1. The SMILES string of the molecule is CC(C)(C)OC(=O)N[C@@H](Cc1c[nH]c2ccccc12)c1nnc(SCc2ccc(F)cc2)o1. The van der Waals surface area contributed by atoms with Crippen LogP contribution < -0.4 is 5.32 Å². The quantitative estimate of drug-likeness (QED) is 0.334. The van der Waals surface area contributed by atoms with Crippen molar-refractivity contribution in [3.05, 3.63) is 77.6 Å². The number of H-pyrrole nitrogens is 1. The number of aromatic nitrogens is 3. The number of thioether (sulfide) groups is 1. The normalized spacial score (nSPS) is 12.6. The van der Waals surface area contributed by atoms with Gasteiger partial charge in [0.2, 0.25) is 5.89 Å². The van der Waals surface area contributed by atoms with Gasteiger partial charge in [0.05, 0.1) is 0 Å². The molecule has 0 aliphatic carbocycles. The molecule has 0 aliphatic heterocycles. The zero-order valence-electron chi connectivity index (χ0n) is 18.6. The number of alkyl carbamates (subject to hydrolysis) is 1. The second-order valence-electron chi connectivity index (χ2n) is 8.58. The highest BCUT2D eigenvalue weighted by molar-refractivity contribution is 7.98. The van der Waals surface area contributed by atoms with Gasteiger partial charge in [-0.05, 0) is 50.1 Å². The molecule has 0 aliphatic rings. The zero-order valence-corrected chi connectivity index (χ0v) is 19.4. The highest BCUT2D eigenvalue weighted by Gasteiger charge is 2.26. The van der Waals surface area contributed by atoms with Gasteiger partial charge in [0.1, 0.15) is 17.5 Å². The third-order valence-corrected chi connectivity index (χ3v) is 5.68. The van der Waals surface area contributed by atoms with Crippen LogP contribution in [0.3, 0.4) is 0 Å². The van der Waals surface area contributed by atoms with Gasteiger partial charge in [0.25, 0.3) is 5.22 Å². The Kier molecular flexibility index (Phi) is 6.69. The topological polar surface area (TPSA) is 93.0 Å². The average molecular weight is 469 g/mol. The molecule has 1 atom stereocenters. The molecular formula is C24H25FN4O3S. The number of hydrogen-bond donors (Lipinski definition) is 2. The molecule has 172 valence electrons. The molecule has 4 aromatic rings. The van der Waals surface area contributed by atoms with E-state index in [0.29, 0.717) is 17.4 Å². The molecule has 1 amide bonds. The highest BCUT2D eigenvalue weighted by Crippen LogP contribution is 2.27. The van der Waals surface area contributed by atoms with E-state index in [1.165, 1.54) is 23.9 Å². The first kappa shape index (κ1) is 22.8. The first-order chi connectivity index (χ1) is 15.8. The number of amides is 1. The molecule has 33 heavy (non-hydrogen) atoms. The summed E-state index contributed by atoms with van der Waals surface area (Å²) in [4.78, 5) is 15.8. The van der Waals surface area contributed by atoms with Crippen molar-refractivity contribution in [1.29, 1.82) is 0 Å². The van der Waals surface area contributed by atoms with Gasteiger partial charge in [-0.1, -0.05) is 42.1 Å². The Bertz CT molecular complexity index is 1230. The molecule has 0 saturated carbocycles. The molecule has 0 fully saturated rings. The van der Waals surface area contributed by atoms with Crippen LogP contribution >= 0.6 is 11.8 Å². The number of nitrogens with zero attached hydrogens (tertiary/aromatic N) is 2. The maximum atomic E-state index is 13.1. The van der Waals surface area contributed by atoms with Gasteiger partial charge in [0.15, 0.2) is 0 Å². The van der Waals surface area contributed by atoms with Crippen LogP contribution in [0.4, 0.5) is 9.18 Å². The number of halogens is 1. The van der Waals surface area contributed by atoms with E-state index in [9.17, 15) is 9.18 Å². The van der Waals surface area contributed by atoms with E-state index in [0.717, 1.165) is 22.0 Å². The van der Waals surface area contributed by atoms with Crippen LogP contribution in [0.5, 0.6) is 0 Å². The lowest BCUT2D eigenvalue weighted by atomic mass is 10.1. The third kappa shape index (κ3) is 6.13. The van der Waals surface area contributed by atoms with E-state index in [2.05, 4.69) is 20.5 Å². The van der Waals surface area contributed by atoms with Crippen LogP contribution in [-0.4, -0.2) is 26.9 Å². The number of benzene rings is 2. The summed E-state index contributed by atoms with van der Waals surface area (Å²) in [6.07, 6.45) is 1.79. The molecule has 2 heterocycles. The van der Waals surface area contributed by atoms with Gasteiger partial charge >= 0.3 is 6.09 Å². The van der Waals surface area contributed by atoms with E-state index >= 15 is 0 Å². The molecule has 7 nitrogen and oxygen atoms in total. The number of carbonyl (C=O) groups excluding carboxylic acids is 1. The zero-order chi connectivity index (χ0) is 23.4. The van der Waals surface area contributed by atoms with Crippen LogP contribution in [-0.2, 0) is 16.9 Å². The number of para-hydroxylation sites is 1. The second-order valence-corrected chi connectivity index (χ2v) is 9.51. The van der Waals surface area contributed by atoms with E-state index in [4.69, 9.17) is 9.15 Å². The van der Waals surface area contributed by atoms with Crippen LogP contribution in [0.2, 0.25) is 0 Å². The monoisotopic (exact) mass is 468 g/mol. The first-order valence-corrected chi connectivity index (χ1v) is 11.5. The summed E-state index contributed by atoms with van der Waals surface area (Å²) in [6.45, 7) is 5.41. The summed E-state index contributed by atoms with van der Waals surface area (Å²) in [5.74, 6) is 0.555. The van der Waals surface area contributed by atoms with E-state index in [1.807, 2.05) is 30.5 Å². The number of carbonyl (C=O) groups is 1. The third-order valence-electron chi connectivity index (χ3n) is 4.79. The van der Waals surface area contributed by atoms with Gasteiger partial charge in [-0.25, -0.2) is 9.18 Å². The lowest BCUT2D eigenvalue weighted by Crippen LogP contribution is -2.36. The van der Waals surface area contributed by atoms with Gasteiger partial charge in [-0.15, -0.1) is 10.2 Å². The number of rotatable bonds is 7. The number of aromatic amines is 1. The Balaban J connectivity index is 1.52. The van der Waals surface area contributed by atoms with E-state index in [1.54, 1.807) is 32.9 Å². The van der Waals surface area contributed by atoms with Gasteiger partial charge in [0, 0.05) is 29.3 Å². The largest absolute Gasteiger partial charge is 0.444 e. The van der Waals surface area contributed by atoms with Gasteiger partial charge in [-0.3, -0.25) is 0 Å². The summed E-state index contributed by atoms with van der Waals surface area (Å²) >= 11 is 1.34. The van der Waals surface area contributed by atoms with Crippen molar-refractivity contribution in [2.24, 2.45) is 0 Å². The lowest BCUT2D eigenvalue weighted by molar-refractivity contribution is 0.0494. The highest BCUT2D eigenvalue weighted by atomic mass is 32.2. The molecule has 2 N–H and O–H groups in total. The standard InChI is InChI=1S/C24H25FN4O3S/c1-24(2,3)32-22(30)27-20(12-16-13-26-19-7-5-4-6-18(16)19)21-28-29-23(31-21)33-14-15-8-10-17(25)11-9-15/h4-11,13,20,26H,12,14H2,1-3H3,(H,27,30)/t20-/m0/s1. The molecule has 0 spiro atoms. The van der Waals surface area contributed by atoms with Crippen LogP contribution in [0.15, 0.2) is 64.4 Å². The fourth-order valence-electron chi connectivity index (χ4n) is 3.32. The smallest absolute Gasteiger partial charge is 0.408 e. The van der Waals surface area contributed by atoms with E-state index in [-0.39, 0.29) is 11.7 Å². The molecule has 4 rings (SSSR count). The van der Waals surface area contributed by atoms with Crippen LogP contribution in [0, 0.1) is 5.82 Å². The van der Waals surface area contributed by atoms with Gasteiger partial charge < -0.3 is 19.5 Å². The fourth-order valence-corrected chi connectivity index (χ4v) is 4.04. The van der Waals surface area contributed by atoms with Crippen molar-refractivity contribution in [1.82, 2.24) is 20.5 Å². The molecule has 9 heteroatoms. The molecule has 0 saturated heterocycles. The summed E-state index contributed by atoms with van der Waals surface area (Å²) in [7, 11) is 0. The van der Waals surface area contributed by atoms with Crippen molar-refractivity contribution in [3.63, 3.8) is 0 Å². The summed E-state index contributed by atoms with van der Waals surface area (Å²) < 4.78 is 24.4. The molecule has 0 radical (unpaired) electrons. The predicted molar refractivity (Wildman–Crippen MR) is 124 cm³/mol. The minimum absolute atomic E-state index is 0.280. The summed E-state index contributed by atoms with van der Waals surface area (Å²) in [5.41, 5.74) is 2.30. The van der Waals surface area contributed by atoms with Crippen molar-refractivity contribution in [2.75, 3.05) is 0 Å². The first-order valence-electron chi connectivity index (χ1n) is 10.5. The van der Waals surface area contributed by atoms with Crippen LogP contribution in [0.1, 0.15) is 43.8 Å². The van der Waals surface area contributed by atoms with E-state index < -0.39 is 17.7 Å². The molecule has 2 aromatic carbocycles. The Morgan fingerprint density at radius 2 is 1.94 bits per heavy atom. The molecule has 0 unspecified atom stereocenters. The number of ether oxygens (including phenoxy) is 1. The summed E-state index contributed by atoms with van der Waals surface area (Å²) in [6, 6.07) is 13.6. The number of hydrogen-bond acceptors (Lipinski definition) is 6. The fraction of sp³-hybridized carbons (Fsp3) is 0.292. The van der Waals surface area contributed by atoms with Crippen molar-refractivity contribution < 1.29 is 18.3 Å². The van der Waals surface area contributed by atoms with Crippen LogP contribution in [0.25, 0.3) is 10.9 Å². The average Bonchev–Trinajstić information content (AvgIpc) is 3.39. The number of fused-ring (bicyclic) bond motifs is 1. The minimum Gasteiger partial charge on any atom is -0.444 e.